The van der Waals surface area contributed by atoms with Crippen LogP contribution in [0.4, 0.5) is 11.4 Å². The number of carbonyl (C=O) groups is 1. The number of carboxylic acid groups (broad SMARTS) is 1. The van der Waals surface area contributed by atoms with Crippen LogP contribution in [0.3, 0.4) is 0 Å². The van der Waals surface area contributed by atoms with E-state index in [9.17, 15) is 9.90 Å². The molecular formula is C20H20N4O3. The summed E-state index contributed by atoms with van der Waals surface area (Å²) in [7, 11) is 1.69. The van der Waals surface area contributed by atoms with Gasteiger partial charge in [0.25, 0.3) is 0 Å². The van der Waals surface area contributed by atoms with Crippen molar-refractivity contribution in [3.8, 4) is 5.75 Å². The van der Waals surface area contributed by atoms with Crippen molar-refractivity contribution in [3.05, 3.63) is 54.5 Å². The summed E-state index contributed by atoms with van der Waals surface area (Å²) in [4.78, 5) is 24.3. The number of carboxylic acids is 1. The minimum Gasteiger partial charge on any atom is -0.495 e. The molecule has 0 bridgehead atoms. The number of para-hydroxylation sites is 2. The van der Waals surface area contributed by atoms with Crippen LogP contribution in [0.1, 0.15) is 10.4 Å². The largest absolute Gasteiger partial charge is 0.495 e. The second kappa shape index (κ2) is 7.11. The molecule has 0 aliphatic carbocycles. The third-order valence-corrected chi connectivity index (χ3v) is 4.93. The SMILES string of the molecule is COc1ccccc1N1CCN(c2ccc(C(=O)O)c3ncncc23)CC1. The van der Waals surface area contributed by atoms with Gasteiger partial charge in [0, 0.05) is 43.4 Å². The standard InChI is InChI=1S/C20H20N4O3/c1-27-18-5-3-2-4-17(18)24-10-8-23(9-11-24)16-7-6-14(20(25)26)19-15(16)12-21-13-22-19/h2-7,12-13H,8-11H2,1H3,(H,25,26). The second-order valence-corrected chi connectivity index (χ2v) is 6.37. The van der Waals surface area contributed by atoms with Crippen molar-refractivity contribution in [2.24, 2.45) is 0 Å². The Morgan fingerprint density at radius 1 is 1.04 bits per heavy atom. The fourth-order valence-corrected chi connectivity index (χ4v) is 3.59. The van der Waals surface area contributed by atoms with Crippen LogP contribution in [0, 0.1) is 0 Å². The first kappa shape index (κ1) is 17.1. The average Bonchev–Trinajstić information content (AvgIpc) is 2.73. The third-order valence-electron chi connectivity index (χ3n) is 4.93. The summed E-state index contributed by atoms with van der Waals surface area (Å²) in [5.41, 5.74) is 2.73. The Labute approximate surface area is 156 Å². The van der Waals surface area contributed by atoms with Crippen molar-refractivity contribution < 1.29 is 14.6 Å². The van der Waals surface area contributed by atoms with Gasteiger partial charge < -0.3 is 19.6 Å². The maximum atomic E-state index is 11.5. The Balaban J connectivity index is 1.60. The molecule has 3 aromatic rings. The first-order valence-electron chi connectivity index (χ1n) is 8.78. The molecule has 1 saturated heterocycles. The summed E-state index contributed by atoms with van der Waals surface area (Å²) in [5.74, 6) is -0.109. The zero-order chi connectivity index (χ0) is 18.8. The first-order valence-corrected chi connectivity index (χ1v) is 8.78. The highest BCUT2D eigenvalue weighted by atomic mass is 16.5. The second-order valence-electron chi connectivity index (χ2n) is 6.37. The zero-order valence-corrected chi connectivity index (χ0v) is 15.0. The number of methoxy groups -OCH3 is 1. The van der Waals surface area contributed by atoms with Crippen LogP contribution in [0.15, 0.2) is 48.9 Å². The summed E-state index contributed by atoms with van der Waals surface area (Å²) >= 11 is 0. The van der Waals surface area contributed by atoms with Crippen molar-refractivity contribution in [2.75, 3.05) is 43.1 Å². The van der Waals surface area contributed by atoms with Gasteiger partial charge in [-0.15, -0.1) is 0 Å². The van der Waals surface area contributed by atoms with Crippen LogP contribution in [-0.2, 0) is 0 Å². The van der Waals surface area contributed by atoms with Gasteiger partial charge in [-0.1, -0.05) is 12.1 Å². The van der Waals surface area contributed by atoms with Gasteiger partial charge >= 0.3 is 5.97 Å². The smallest absolute Gasteiger partial charge is 0.337 e. The molecule has 0 amide bonds. The van der Waals surface area contributed by atoms with Crippen LogP contribution in [-0.4, -0.2) is 54.3 Å². The topological polar surface area (TPSA) is 78.8 Å². The maximum absolute atomic E-state index is 11.5. The number of hydrogen-bond donors (Lipinski definition) is 1. The van der Waals surface area contributed by atoms with E-state index in [1.54, 1.807) is 19.4 Å². The fraction of sp³-hybridized carbons (Fsp3) is 0.250. The normalized spacial score (nSPS) is 14.4. The van der Waals surface area contributed by atoms with E-state index in [0.29, 0.717) is 5.52 Å². The van der Waals surface area contributed by atoms with E-state index in [1.807, 2.05) is 24.3 Å². The van der Waals surface area contributed by atoms with Crippen molar-refractivity contribution in [3.63, 3.8) is 0 Å². The monoisotopic (exact) mass is 364 g/mol. The lowest BCUT2D eigenvalue weighted by molar-refractivity contribution is 0.0699. The number of benzene rings is 2. The van der Waals surface area contributed by atoms with Crippen molar-refractivity contribution >= 4 is 28.2 Å². The molecule has 1 N–H and O–H groups in total. The Kier molecular flexibility index (Phi) is 4.50. The molecule has 0 radical (unpaired) electrons. The van der Waals surface area contributed by atoms with Gasteiger partial charge in [0.1, 0.15) is 12.1 Å². The molecular weight excluding hydrogens is 344 g/mol. The molecule has 1 aliphatic rings. The minimum absolute atomic E-state index is 0.198. The Hall–Kier alpha value is -3.35. The van der Waals surface area contributed by atoms with Crippen LogP contribution in [0.5, 0.6) is 5.75 Å². The lowest BCUT2D eigenvalue weighted by Gasteiger charge is -2.38. The van der Waals surface area contributed by atoms with E-state index < -0.39 is 5.97 Å². The number of piperazine rings is 1. The molecule has 2 heterocycles. The predicted molar refractivity (Wildman–Crippen MR) is 104 cm³/mol. The summed E-state index contributed by atoms with van der Waals surface area (Å²) in [5, 5.41) is 10.2. The van der Waals surface area contributed by atoms with Gasteiger partial charge in [0.05, 0.1) is 23.9 Å². The quantitative estimate of drug-likeness (QED) is 0.762. The summed E-state index contributed by atoms with van der Waals surface area (Å²) < 4.78 is 5.48. The number of hydrogen-bond acceptors (Lipinski definition) is 6. The summed E-state index contributed by atoms with van der Waals surface area (Å²) in [6.45, 7) is 3.31. The van der Waals surface area contributed by atoms with Crippen molar-refractivity contribution in [1.29, 1.82) is 0 Å². The number of anilines is 2. The van der Waals surface area contributed by atoms with Gasteiger partial charge in [-0.05, 0) is 24.3 Å². The number of aromatic carboxylic acids is 1. The molecule has 7 nitrogen and oxygen atoms in total. The fourth-order valence-electron chi connectivity index (χ4n) is 3.59. The lowest BCUT2D eigenvalue weighted by Crippen LogP contribution is -2.46. The molecule has 1 aromatic heterocycles. The van der Waals surface area contributed by atoms with E-state index in [1.165, 1.54) is 6.33 Å². The minimum atomic E-state index is -0.980. The van der Waals surface area contributed by atoms with E-state index in [0.717, 1.165) is 48.7 Å². The number of nitrogens with zero attached hydrogens (tertiary/aromatic N) is 4. The number of fused-ring (bicyclic) bond motifs is 1. The molecule has 138 valence electrons. The van der Waals surface area contributed by atoms with Gasteiger partial charge in [0.15, 0.2) is 0 Å². The Morgan fingerprint density at radius 2 is 1.74 bits per heavy atom. The highest BCUT2D eigenvalue weighted by molar-refractivity contribution is 6.05. The van der Waals surface area contributed by atoms with Crippen LogP contribution in [0.25, 0.3) is 10.9 Å². The maximum Gasteiger partial charge on any atom is 0.337 e. The Bertz CT molecular complexity index is 984. The predicted octanol–water partition coefficient (Wildman–Crippen LogP) is 2.66. The molecule has 1 fully saturated rings. The molecule has 0 atom stereocenters. The Morgan fingerprint density at radius 3 is 2.44 bits per heavy atom. The third kappa shape index (κ3) is 3.12. The van der Waals surface area contributed by atoms with Gasteiger partial charge in [-0.2, -0.15) is 0 Å². The van der Waals surface area contributed by atoms with E-state index >= 15 is 0 Å². The van der Waals surface area contributed by atoms with Gasteiger partial charge in [-0.25, -0.2) is 14.8 Å². The average molecular weight is 364 g/mol. The molecule has 4 rings (SSSR count). The first-order chi connectivity index (χ1) is 13.2. The number of rotatable bonds is 4. The molecule has 7 heteroatoms. The van der Waals surface area contributed by atoms with E-state index in [2.05, 4.69) is 25.8 Å². The lowest BCUT2D eigenvalue weighted by atomic mass is 10.1. The van der Waals surface area contributed by atoms with Gasteiger partial charge in [0.2, 0.25) is 0 Å². The van der Waals surface area contributed by atoms with E-state index in [4.69, 9.17) is 4.74 Å². The summed E-state index contributed by atoms with van der Waals surface area (Å²) in [6.07, 6.45) is 3.08. The number of ether oxygens (including phenoxy) is 1. The van der Waals surface area contributed by atoms with Crippen LogP contribution in [0.2, 0.25) is 0 Å². The van der Waals surface area contributed by atoms with Gasteiger partial charge in [-0.3, -0.25) is 0 Å². The highest BCUT2D eigenvalue weighted by Gasteiger charge is 2.22. The van der Waals surface area contributed by atoms with Crippen LogP contribution < -0.4 is 14.5 Å². The van der Waals surface area contributed by atoms with Crippen LogP contribution >= 0.6 is 0 Å². The van der Waals surface area contributed by atoms with Crippen molar-refractivity contribution in [1.82, 2.24) is 9.97 Å². The highest BCUT2D eigenvalue weighted by Crippen LogP contribution is 2.32. The zero-order valence-electron chi connectivity index (χ0n) is 15.0. The molecule has 0 unspecified atom stereocenters. The summed E-state index contributed by atoms with van der Waals surface area (Å²) in [6, 6.07) is 11.5. The molecule has 2 aromatic carbocycles. The number of aromatic nitrogens is 2. The molecule has 1 aliphatic heterocycles. The molecule has 27 heavy (non-hydrogen) atoms. The molecule has 0 saturated carbocycles. The van der Waals surface area contributed by atoms with E-state index in [-0.39, 0.29) is 5.56 Å². The van der Waals surface area contributed by atoms with Crippen molar-refractivity contribution in [2.45, 2.75) is 0 Å². The molecule has 0 spiro atoms.